The monoisotopic (exact) mass is 414 g/mol. The number of hydrogen-bond acceptors (Lipinski definition) is 5. The second-order valence-corrected chi connectivity index (χ2v) is 8.05. The number of carbonyl (C=O) groups excluding carboxylic acids is 2. The van der Waals surface area contributed by atoms with Crippen LogP contribution in [-0.4, -0.2) is 23.0 Å². The van der Waals surface area contributed by atoms with Gasteiger partial charge in [-0.3, -0.25) is 14.4 Å². The van der Waals surface area contributed by atoms with E-state index in [9.17, 15) is 14.7 Å². The van der Waals surface area contributed by atoms with Crippen LogP contribution >= 0.6 is 0 Å². The molecule has 6 nitrogen and oxygen atoms in total. The summed E-state index contributed by atoms with van der Waals surface area (Å²) in [4.78, 5) is 34.4. The van der Waals surface area contributed by atoms with E-state index in [1.165, 1.54) is 4.90 Å². The van der Waals surface area contributed by atoms with Crippen LogP contribution in [0.25, 0.3) is 0 Å². The first-order valence-electron chi connectivity index (χ1n) is 10.2. The van der Waals surface area contributed by atoms with Gasteiger partial charge in [0.2, 0.25) is 5.91 Å². The van der Waals surface area contributed by atoms with Crippen LogP contribution in [0, 0.1) is 19.8 Å². The second-order valence-electron chi connectivity index (χ2n) is 8.05. The van der Waals surface area contributed by atoms with Crippen LogP contribution in [0.4, 0.5) is 11.4 Å². The molecule has 2 fully saturated rings. The summed E-state index contributed by atoms with van der Waals surface area (Å²) in [6, 6.07) is 21.3. The van der Waals surface area contributed by atoms with Crippen molar-refractivity contribution in [3.8, 4) is 5.75 Å². The molecule has 3 aromatic carbocycles. The maximum Gasteiger partial charge on any atom is 0.266 e. The second kappa shape index (κ2) is 7.25. The van der Waals surface area contributed by atoms with Crippen LogP contribution < -0.4 is 9.96 Å². The lowest BCUT2D eigenvalue weighted by Crippen LogP contribution is -2.37. The minimum absolute atomic E-state index is 0.135. The van der Waals surface area contributed by atoms with Gasteiger partial charge in [0.1, 0.15) is 11.7 Å². The largest absolute Gasteiger partial charge is 0.508 e. The molecule has 5 rings (SSSR count). The molecule has 0 aliphatic carbocycles. The van der Waals surface area contributed by atoms with E-state index in [0.29, 0.717) is 5.69 Å². The van der Waals surface area contributed by atoms with Crippen LogP contribution in [0.5, 0.6) is 5.75 Å². The van der Waals surface area contributed by atoms with Crippen LogP contribution in [-0.2, 0) is 14.4 Å². The molecule has 0 saturated carbocycles. The van der Waals surface area contributed by atoms with E-state index in [1.54, 1.807) is 29.3 Å². The quantitative estimate of drug-likeness (QED) is 0.655. The zero-order chi connectivity index (χ0) is 21.7. The Labute approximate surface area is 180 Å². The average molecular weight is 414 g/mol. The number of aryl methyl sites for hydroxylation is 2. The molecule has 2 aliphatic rings. The van der Waals surface area contributed by atoms with Gasteiger partial charge in [-0.25, -0.2) is 9.96 Å². The van der Waals surface area contributed by atoms with Crippen molar-refractivity contribution in [2.45, 2.75) is 26.0 Å². The smallest absolute Gasteiger partial charge is 0.266 e. The lowest BCUT2D eigenvalue weighted by Gasteiger charge is -2.29. The molecule has 31 heavy (non-hydrogen) atoms. The fourth-order valence-electron chi connectivity index (χ4n) is 4.52. The Kier molecular flexibility index (Phi) is 4.52. The standard InChI is InChI=1S/C25H22N2O4/c1-15-8-13-20(16(2)14-15)26-24(29)21-22(17-9-11-19(28)12-10-17)27(31-23(21)25(26)30)18-6-4-3-5-7-18/h3-14,21-23,28H,1-2H3/t21-,22+,23-/m0/s1. The van der Waals surface area contributed by atoms with Gasteiger partial charge in [-0.05, 0) is 55.3 Å². The molecule has 0 unspecified atom stereocenters. The number of rotatable bonds is 3. The number of fused-ring (bicyclic) bond motifs is 1. The number of amides is 2. The number of phenolic OH excluding ortho intramolecular Hbond substituents is 1. The Bertz CT molecular complexity index is 1160. The Morgan fingerprint density at radius 3 is 2.26 bits per heavy atom. The van der Waals surface area contributed by atoms with Crippen molar-refractivity contribution < 1.29 is 19.5 Å². The van der Waals surface area contributed by atoms with Gasteiger partial charge in [-0.15, -0.1) is 0 Å². The van der Waals surface area contributed by atoms with Crippen LogP contribution in [0.2, 0.25) is 0 Å². The Balaban J connectivity index is 1.59. The van der Waals surface area contributed by atoms with Gasteiger partial charge in [0.25, 0.3) is 5.91 Å². The van der Waals surface area contributed by atoms with Gasteiger partial charge in [0.15, 0.2) is 6.10 Å². The first-order valence-corrected chi connectivity index (χ1v) is 10.2. The number of carbonyl (C=O) groups is 2. The van der Waals surface area contributed by atoms with E-state index in [-0.39, 0.29) is 17.6 Å². The molecular weight excluding hydrogens is 392 g/mol. The zero-order valence-corrected chi connectivity index (χ0v) is 17.2. The average Bonchev–Trinajstić information content (AvgIpc) is 3.26. The summed E-state index contributed by atoms with van der Waals surface area (Å²) in [5, 5.41) is 11.4. The van der Waals surface area contributed by atoms with E-state index in [0.717, 1.165) is 22.4 Å². The van der Waals surface area contributed by atoms with Crippen LogP contribution in [0.1, 0.15) is 22.7 Å². The highest BCUT2D eigenvalue weighted by Crippen LogP contribution is 2.48. The number of hydrogen-bond donors (Lipinski definition) is 1. The third-order valence-electron chi connectivity index (χ3n) is 5.95. The summed E-state index contributed by atoms with van der Waals surface area (Å²) in [5.41, 5.74) is 4.07. The fraction of sp³-hybridized carbons (Fsp3) is 0.200. The lowest BCUT2D eigenvalue weighted by atomic mass is 9.90. The Hall–Kier alpha value is -3.64. The molecule has 0 bridgehead atoms. The van der Waals surface area contributed by atoms with Crippen molar-refractivity contribution in [1.29, 1.82) is 0 Å². The fourth-order valence-corrected chi connectivity index (χ4v) is 4.52. The number of benzene rings is 3. The van der Waals surface area contributed by atoms with Crippen molar-refractivity contribution >= 4 is 23.2 Å². The summed E-state index contributed by atoms with van der Waals surface area (Å²) in [5.74, 6) is -1.20. The van der Waals surface area contributed by atoms with Crippen LogP contribution in [0.15, 0.2) is 72.8 Å². The third kappa shape index (κ3) is 3.07. The molecule has 1 N–H and O–H groups in total. The van der Waals surface area contributed by atoms with E-state index in [4.69, 9.17) is 4.84 Å². The van der Waals surface area contributed by atoms with Gasteiger partial charge in [0.05, 0.1) is 17.4 Å². The van der Waals surface area contributed by atoms with E-state index < -0.39 is 18.1 Å². The minimum Gasteiger partial charge on any atom is -0.508 e. The molecule has 156 valence electrons. The predicted molar refractivity (Wildman–Crippen MR) is 117 cm³/mol. The maximum absolute atomic E-state index is 13.6. The molecule has 3 atom stereocenters. The SMILES string of the molecule is Cc1ccc(N2C(=O)[C@@H]3[C@H](ON(c4ccccc4)[C@@H]3c3ccc(O)cc3)C2=O)c(C)c1. The summed E-state index contributed by atoms with van der Waals surface area (Å²) >= 11 is 0. The Morgan fingerprint density at radius 1 is 0.871 bits per heavy atom. The molecule has 2 saturated heterocycles. The first-order chi connectivity index (χ1) is 15.0. The van der Waals surface area contributed by atoms with E-state index >= 15 is 0 Å². The third-order valence-corrected chi connectivity index (χ3v) is 5.95. The van der Waals surface area contributed by atoms with Crippen molar-refractivity contribution in [2.24, 2.45) is 5.92 Å². The molecule has 2 aliphatic heterocycles. The van der Waals surface area contributed by atoms with Gasteiger partial charge in [-0.1, -0.05) is 48.0 Å². The highest BCUT2D eigenvalue weighted by atomic mass is 16.7. The maximum atomic E-state index is 13.6. The molecule has 2 heterocycles. The summed E-state index contributed by atoms with van der Waals surface area (Å²) in [6.07, 6.45) is -0.910. The number of para-hydroxylation sites is 1. The highest BCUT2D eigenvalue weighted by Gasteiger charge is 2.60. The summed E-state index contributed by atoms with van der Waals surface area (Å²) < 4.78 is 0. The van der Waals surface area contributed by atoms with Gasteiger partial charge in [0, 0.05) is 0 Å². The topological polar surface area (TPSA) is 70.1 Å². The van der Waals surface area contributed by atoms with Gasteiger partial charge < -0.3 is 5.11 Å². The minimum atomic E-state index is -0.910. The van der Waals surface area contributed by atoms with Crippen LogP contribution in [0.3, 0.4) is 0 Å². The first kappa shape index (κ1) is 19.3. The molecule has 6 heteroatoms. The molecule has 0 spiro atoms. The molecule has 2 amide bonds. The molecule has 3 aromatic rings. The summed E-state index contributed by atoms with van der Waals surface area (Å²) in [6.45, 7) is 3.87. The number of aromatic hydroxyl groups is 1. The van der Waals surface area contributed by atoms with Crippen molar-refractivity contribution in [3.05, 3.63) is 89.5 Å². The van der Waals surface area contributed by atoms with Crippen molar-refractivity contribution in [2.75, 3.05) is 9.96 Å². The number of imide groups is 1. The number of phenols is 1. The molecule has 0 radical (unpaired) electrons. The normalized spacial score (nSPS) is 22.8. The van der Waals surface area contributed by atoms with Crippen molar-refractivity contribution in [3.63, 3.8) is 0 Å². The van der Waals surface area contributed by atoms with Crippen molar-refractivity contribution in [1.82, 2.24) is 0 Å². The zero-order valence-electron chi connectivity index (χ0n) is 17.2. The van der Waals surface area contributed by atoms with E-state index in [2.05, 4.69) is 0 Å². The van der Waals surface area contributed by atoms with E-state index in [1.807, 2.05) is 62.4 Å². The predicted octanol–water partition coefficient (Wildman–Crippen LogP) is 4.06. The highest BCUT2D eigenvalue weighted by molar-refractivity contribution is 6.24. The lowest BCUT2D eigenvalue weighted by molar-refractivity contribution is -0.126. The Morgan fingerprint density at radius 2 is 1.58 bits per heavy atom. The number of anilines is 2. The number of hydroxylamine groups is 1. The van der Waals surface area contributed by atoms with Gasteiger partial charge >= 0.3 is 0 Å². The summed E-state index contributed by atoms with van der Waals surface area (Å²) in [7, 11) is 0. The molecule has 0 aromatic heterocycles. The number of nitrogens with zero attached hydrogens (tertiary/aromatic N) is 2. The van der Waals surface area contributed by atoms with Gasteiger partial charge in [-0.2, -0.15) is 0 Å². The molecular formula is C25H22N2O4.